The first kappa shape index (κ1) is 19.1. The molecule has 0 aromatic heterocycles. The summed E-state index contributed by atoms with van der Waals surface area (Å²) < 4.78 is 5.78. The third kappa shape index (κ3) is 5.42. The topological polar surface area (TPSA) is 45.7 Å². The zero-order valence-corrected chi connectivity index (χ0v) is 16.0. The van der Waals surface area contributed by atoms with E-state index in [4.69, 9.17) is 9.73 Å². The van der Waals surface area contributed by atoms with Gasteiger partial charge in [0.25, 0.3) is 0 Å². The van der Waals surface area contributed by atoms with E-state index < -0.39 is 0 Å². The summed E-state index contributed by atoms with van der Waals surface area (Å²) in [4.78, 5) is 4.80. The Kier molecular flexibility index (Phi) is 7.92. The van der Waals surface area contributed by atoms with Crippen LogP contribution in [0, 0.1) is 0 Å². The Morgan fingerprint density at radius 1 is 1.17 bits per heavy atom. The zero-order chi connectivity index (χ0) is 17.3. The molecule has 1 aliphatic rings. The lowest BCUT2D eigenvalue weighted by Gasteiger charge is -2.36. The molecule has 0 atom stereocenters. The van der Waals surface area contributed by atoms with Crippen LogP contribution in [0.1, 0.15) is 37.8 Å². The number of aryl methyl sites for hydroxylation is 1. The lowest BCUT2D eigenvalue weighted by Crippen LogP contribution is -2.47. The molecule has 1 heterocycles. The molecule has 2 rings (SSSR count). The second kappa shape index (κ2) is 9.94. The van der Waals surface area contributed by atoms with Gasteiger partial charge in [-0.05, 0) is 43.6 Å². The molecule has 24 heavy (non-hydrogen) atoms. The van der Waals surface area contributed by atoms with Crippen molar-refractivity contribution in [3.8, 4) is 0 Å². The summed E-state index contributed by atoms with van der Waals surface area (Å²) >= 11 is 1.95. The third-order valence-electron chi connectivity index (χ3n) is 4.67. The molecule has 1 aromatic rings. The van der Waals surface area contributed by atoms with Crippen molar-refractivity contribution in [2.45, 2.75) is 44.4 Å². The monoisotopic (exact) mass is 349 g/mol. The van der Waals surface area contributed by atoms with Crippen LogP contribution in [-0.4, -0.2) is 43.3 Å². The van der Waals surface area contributed by atoms with Crippen molar-refractivity contribution >= 4 is 17.7 Å². The maximum absolute atomic E-state index is 5.52. The van der Waals surface area contributed by atoms with Crippen LogP contribution in [0.2, 0.25) is 0 Å². The highest BCUT2D eigenvalue weighted by Gasteiger charge is 2.31. The van der Waals surface area contributed by atoms with Gasteiger partial charge in [-0.15, -0.1) is 0 Å². The highest BCUT2D eigenvalue weighted by Crippen LogP contribution is 2.32. The number of nitrogens with zero attached hydrogens (tertiary/aromatic N) is 1. The highest BCUT2D eigenvalue weighted by atomic mass is 32.2. The fourth-order valence-corrected chi connectivity index (χ4v) is 3.80. The van der Waals surface area contributed by atoms with Crippen LogP contribution in [0.25, 0.3) is 0 Å². The van der Waals surface area contributed by atoms with Gasteiger partial charge in [0.15, 0.2) is 5.96 Å². The van der Waals surface area contributed by atoms with Crippen LogP contribution in [0.5, 0.6) is 0 Å². The first-order chi connectivity index (χ1) is 11.7. The Bertz CT molecular complexity index is 527. The number of ether oxygens (including phenoxy) is 1. The minimum atomic E-state index is 0.260. The van der Waals surface area contributed by atoms with Gasteiger partial charge in [0.1, 0.15) is 0 Å². The minimum Gasteiger partial charge on any atom is -0.381 e. The van der Waals surface area contributed by atoms with Crippen molar-refractivity contribution in [1.82, 2.24) is 10.6 Å². The predicted molar refractivity (Wildman–Crippen MR) is 105 cm³/mol. The van der Waals surface area contributed by atoms with E-state index >= 15 is 0 Å². The van der Waals surface area contributed by atoms with E-state index in [-0.39, 0.29) is 4.75 Å². The van der Waals surface area contributed by atoms with E-state index in [9.17, 15) is 0 Å². The first-order valence-corrected chi connectivity index (χ1v) is 10.2. The average Bonchev–Trinajstić information content (AvgIpc) is 2.65. The molecule has 0 unspecified atom stereocenters. The summed E-state index contributed by atoms with van der Waals surface area (Å²) in [5.74, 6) is 0.906. The van der Waals surface area contributed by atoms with Gasteiger partial charge in [0.05, 0.1) is 6.54 Å². The fourth-order valence-electron chi connectivity index (χ4n) is 3.00. The smallest absolute Gasteiger partial charge is 0.191 e. The first-order valence-electron chi connectivity index (χ1n) is 8.95. The summed E-state index contributed by atoms with van der Waals surface area (Å²) in [6, 6.07) is 8.56. The van der Waals surface area contributed by atoms with Crippen molar-refractivity contribution in [2.75, 3.05) is 32.6 Å². The number of hydrogen-bond donors (Lipinski definition) is 2. The fraction of sp³-hybridized carbons (Fsp3) is 0.632. The van der Waals surface area contributed by atoms with Crippen molar-refractivity contribution in [3.05, 3.63) is 35.4 Å². The molecule has 2 N–H and O–H groups in total. The molecular formula is C19H31N3OS. The largest absolute Gasteiger partial charge is 0.381 e. The Labute approximate surface area is 150 Å². The molecule has 0 bridgehead atoms. The number of hydrogen-bond acceptors (Lipinski definition) is 3. The normalized spacial score (nSPS) is 17.5. The van der Waals surface area contributed by atoms with Gasteiger partial charge >= 0.3 is 0 Å². The molecule has 4 nitrogen and oxygen atoms in total. The number of thioether (sulfide) groups is 1. The molecule has 1 saturated heterocycles. The lowest BCUT2D eigenvalue weighted by molar-refractivity contribution is 0.0783. The molecular weight excluding hydrogens is 318 g/mol. The number of benzene rings is 1. The molecule has 0 amide bonds. The maximum Gasteiger partial charge on any atom is 0.191 e. The third-order valence-corrected chi connectivity index (χ3v) is 6.08. The number of rotatable bonds is 7. The van der Waals surface area contributed by atoms with Crippen LogP contribution >= 0.6 is 11.8 Å². The Balaban J connectivity index is 2.00. The second-order valence-corrected chi connectivity index (χ2v) is 7.44. The van der Waals surface area contributed by atoms with Gasteiger partial charge in [-0.1, -0.05) is 31.2 Å². The summed E-state index contributed by atoms with van der Waals surface area (Å²) in [7, 11) is 0. The van der Waals surface area contributed by atoms with E-state index in [2.05, 4.69) is 55.0 Å². The van der Waals surface area contributed by atoms with Crippen LogP contribution < -0.4 is 10.6 Å². The van der Waals surface area contributed by atoms with E-state index in [0.717, 1.165) is 51.5 Å². The van der Waals surface area contributed by atoms with Crippen LogP contribution in [0.15, 0.2) is 29.3 Å². The van der Waals surface area contributed by atoms with Crippen molar-refractivity contribution < 1.29 is 4.74 Å². The number of aliphatic imine (C=N–C) groups is 1. The summed E-state index contributed by atoms with van der Waals surface area (Å²) in [5.41, 5.74) is 2.69. The van der Waals surface area contributed by atoms with Crippen LogP contribution in [0.4, 0.5) is 0 Å². The Morgan fingerprint density at radius 2 is 1.88 bits per heavy atom. The lowest BCUT2D eigenvalue weighted by atomic mass is 9.99. The Hall–Kier alpha value is -1.20. The van der Waals surface area contributed by atoms with Gasteiger partial charge in [0, 0.05) is 31.1 Å². The van der Waals surface area contributed by atoms with E-state index in [1.54, 1.807) is 0 Å². The van der Waals surface area contributed by atoms with Crippen molar-refractivity contribution in [3.63, 3.8) is 0 Å². The predicted octanol–water partition coefficient (Wildman–Crippen LogP) is 3.22. The summed E-state index contributed by atoms with van der Waals surface area (Å²) in [6.07, 6.45) is 5.44. The van der Waals surface area contributed by atoms with E-state index in [1.807, 2.05) is 11.8 Å². The van der Waals surface area contributed by atoms with Crippen LogP contribution in [0.3, 0.4) is 0 Å². The van der Waals surface area contributed by atoms with E-state index in [0.29, 0.717) is 6.54 Å². The van der Waals surface area contributed by atoms with E-state index in [1.165, 1.54) is 11.1 Å². The standard InChI is InChI=1S/C19H31N3OS/c1-4-16-8-6-7-9-17(16)14-21-18(20-5-2)22-15-19(24-3)10-12-23-13-11-19/h6-9H,4-5,10-15H2,1-3H3,(H2,20,21,22). The van der Waals surface area contributed by atoms with Gasteiger partial charge < -0.3 is 15.4 Å². The molecule has 134 valence electrons. The molecule has 5 heteroatoms. The molecule has 1 fully saturated rings. The SMILES string of the molecule is CCNC(=NCc1ccccc1CC)NCC1(SC)CCOCC1. The highest BCUT2D eigenvalue weighted by molar-refractivity contribution is 8.00. The summed E-state index contributed by atoms with van der Waals surface area (Å²) in [6.45, 7) is 8.54. The summed E-state index contributed by atoms with van der Waals surface area (Å²) in [5, 5.41) is 6.92. The quantitative estimate of drug-likeness (QED) is 0.586. The van der Waals surface area contributed by atoms with Gasteiger partial charge in [-0.3, -0.25) is 0 Å². The number of guanidine groups is 1. The zero-order valence-electron chi connectivity index (χ0n) is 15.2. The molecule has 0 radical (unpaired) electrons. The maximum atomic E-state index is 5.52. The van der Waals surface area contributed by atoms with Crippen LogP contribution in [-0.2, 0) is 17.7 Å². The average molecular weight is 350 g/mol. The Morgan fingerprint density at radius 3 is 2.50 bits per heavy atom. The number of nitrogens with one attached hydrogen (secondary N) is 2. The van der Waals surface area contributed by atoms with Gasteiger partial charge in [-0.25, -0.2) is 4.99 Å². The molecule has 1 aliphatic heterocycles. The molecule has 0 aliphatic carbocycles. The van der Waals surface area contributed by atoms with Crippen molar-refractivity contribution in [1.29, 1.82) is 0 Å². The molecule has 1 aromatic carbocycles. The molecule has 0 saturated carbocycles. The molecule has 0 spiro atoms. The second-order valence-electron chi connectivity index (χ2n) is 6.17. The van der Waals surface area contributed by atoms with Gasteiger partial charge in [0.2, 0.25) is 0 Å². The minimum absolute atomic E-state index is 0.260. The van der Waals surface area contributed by atoms with Crippen molar-refractivity contribution in [2.24, 2.45) is 4.99 Å². The van der Waals surface area contributed by atoms with Gasteiger partial charge in [-0.2, -0.15) is 11.8 Å².